The fourth-order valence-corrected chi connectivity index (χ4v) is 5.23. The van der Waals surface area contributed by atoms with Crippen LogP contribution in [0.3, 0.4) is 0 Å². The van der Waals surface area contributed by atoms with Gasteiger partial charge in [-0.05, 0) is 67.8 Å². The molecule has 1 heterocycles. The number of rotatable bonds is 6. The molecule has 2 aromatic carbocycles. The summed E-state index contributed by atoms with van der Waals surface area (Å²) in [6.07, 6.45) is 1.22. The van der Waals surface area contributed by atoms with Crippen molar-refractivity contribution in [2.45, 2.75) is 31.6 Å². The molecule has 0 aliphatic carbocycles. The maximum absolute atomic E-state index is 13.1. The number of nitrogens with one attached hydrogen (secondary N) is 2. The second kappa shape index (κ2) is 9.49. The maximum atomic E-state index is 13.1. The van der Waals surface area contributed by atoms with Gasteiger partial charge in [0, 0.05) is 31.4 Å². The third kappa shape index (κ3) is 5.42. The Balaban J connectivity index is 1.68. The van der Waals surface area contributed by atoms with Crippen molar-refractivity contribution < 1.29 is 22.7 Å². The fourth-order valence-electron chi connectivity index (χ4n) is 3.62. The van der Waals surface area contributed by atoms with Crippen LogP contribution in [0.4, 0.5) is 11.4 Å². The van der Waals surface area contributed by atoms with Crippen LogP contribution in [0.5, 0.6) is 5.75 Å². The molecule has 0 spiro atoms. The van der Waals surface area contributed by atoms with Gasteiger partial charge >= 0.3 is 0 Å². The van der Waals surface area contributed by atoms with Crippen molar-refractivity contribution in [2.75, 3.05) is 30.8 Å². The zero-order valence-corrected chi connectivity index (χ0v) is 18.7. The van der Waals surface area contributed by atoms with Crippen LogP contribution in [-0.4, -0.2) is 44.7 Å². The molecule has 31 heavy (non-hydrogen) atoms. The number of sulfonamides is 1. The Morgan fingerprint density at radius 1 is 1.06 bits per heavy atom. The lowest BCUT2D eigenvalue weighted by molar-refractivity contribution is -0.121. The molecule has 0 saturated carbocycles. The van der Waals surface area contributed by atoms with Gasteiger partial charge in [0.1, 0.15) is 5.75 Å². The third-order valence-electron chi connectivity index (χ3n) is 5.23. The number of piperidine rings is 1. The monoisotopic (exact) mass is 445 g/mol. The molecule has 3 rings (SSSR count). The SMILES string of the molecule is COc1ccc(S(=O)(=O)N2CCCC(C(=O)Nc3ccc(NC(C)=O)cc3)C2)cc1C. The molecule has 1 aliphatic heterocycles. The highest BCUT2D eigenvalue weighted by molar-refractivity contribution is 7.89. The van der Waals surface area contributed by atoms with E-state index in [0.717, 1.165) is 5.56 Å². The summed E-state index contributed by atoms with van der Waals surface area (Å²) < 4.78 is 32.8. The van der Waals surface area contributed by atoms with E-state index in [2.05, 4.69) is 10.6 Å². The standard InChI is InChI=1S/C22H27N3O5S/c1-15-13-20(10-11-21(15)30-3)31(28,29)25-12-4-5-17(14-25)22(27)24-19-8-6-18(7-9-19)23-16(2)26/h6-11,13,17H,4-5,12,14H2,1-3H3,(H,23,26)(H,24,27). The Bertz CT molecular complexity index is 1070. The first-order valence-corrected chi connectivity index (χ1v) is 11.5. The second-order valence-electron chi connectivity index (χ2n) is 7.58. The molecule has 0 radical (unpaired) electrons. The summed E-state index contributed by atoms with van der Waals surface area (Å²) in [6, 6.07) is 11.5. The number of ether oxygens (including phenoxy) is 1. The first-order valence-electron chi connectivity index (χ1n) is 10.0. The molecule has 8 nitrogen and oxygen atoms in total. The Kier molecular flexibility index (Phi) is 6.97. The summed E-state index contributed by atoms with van der Waals surface area (Å²) in [7, 11) is -2.17. The fraction of sp³-hybridized carbons (Fsp3) is 0.364. The van der Waals surface area contributed by atoms with Gasteiger partial charge in [-0.15, -0.1) is 0 Å². The van der Waals surface area contributed by atoms with Crippen molar-refractivity contribution in [2.24, 2.45) is 5.92 Å². The van der Waals surface area contributed by atoms with Crippen LogP contribution in [0.2, 0.25) is 0 Å². The van der Waals surface area contributed by atoms with Gasteiger partial charge in [0.05, 0.1) is 17.9 Å². The number of carbonyl (C=O) groups excluding carboxylic acids is 2. The largest absolute Gasteiger partial charge is 0.496 e. The predicted octanol–water partition coefficient (Wildman–Crippen LogP) is 3.00. The highest BCUT2D eigenvalue weighted by Crippen LogP contribution is 2.28. The van der Waals surface area contributed by atoms with Crippen molar-refractivity contribution in [1.82, 2.24) is 4.31 Å². The Hall–Kier alpha value is -2.91. The minimum Gasteiger partial charge on any atom is -0.496 e. The minimum atomic E-state index is -3.71. The van der Waals surface area contributed by atoms with E-state index >= 15 is 0 Å². The van der Waals surface area contributed by atoms with E-state index in [1.54, 1.807) is 43.3 Å². The lowest BCUT2D eigenvalue weighted by Crippen LogP contribution is -2.43. The van der Waals surface area contributed by atoms with Gasteiger partial charge < -0.3 is 15.4 Å². The molecule has 2 N–H and O–H groups in total. The smallest absolute Gasteiger partial charge is 0.243 e. The van der Waals surface area contributed by atoms with Gasteiger partial charge in [-0.3, -0.25) is 9.59 Å². The van der Waals surface area contributed by atoms with E-state index in [0.29, 0.717) is 36.5 Å². The van der Waals surface area contributed by atoms with E-state index < -0.39 is 15.9 Å². The average molecular weight is 446 g/mol. The molecule has 166 valence electrons. The number of anilines is 2. The molecule has 2 aromatic rings. The topological polar surface area (TPSA) is 105 Å². The molecule has 1 saturated heterocycles. The molecule has 1 atom stereocenters. The minimum absolute atomic E-state index is 0.128. The first-order chi connectivity index (χ1) is 14.7. The second-order valence-corrected chi connectivity index (χ2v) is 9.52. The van der Waals surface area contributed by atoms with Gasteiger partial charge in [0.15, 0.2) is 0 Å². The number of methoxy groups -OCH3 is 1. The van der Waals surface area contributed by atoms with Crippen molar-refractivity contribution in [3.63, 3.8) is 0 Å². The highest BCUT2D eigenvalue weighted by atomic mass is 32.2. The molecule has 1 unspecified atom stereocenters. The predicted molar refractivity (Wildman–Crippen MR) is 119 cm³/mol. The molecule has 2 amide bonds. The number of amides is 2. The first kappa shape index (κ1) is 22.8. The molecule has 1 aliphatic rings. The summed E-state index contributed by atoms with van der Waals surface area (Å²) in [4.78, 5) is 24.1. The summed E-state index contributed by atoms with van der Waals surface area (Å²) in [5, 5.41) is 5.50. The number of aryl methyl sites for hydroxylation is 1. The summed E-state index contributed by atoms with van der Waals surface area (Å²) in [5.74, 6) is -0.220. The molecular weight excluding hydrogens is 418 g/mol. The Labute approximate surface area is 182 Å². The van der Waals surface area contributed by atoms with Crippen molar-refractivity contribution in [3.05, 3.63) is 48.0 Å². The van der Waals surface area contributed by atoms with Gasteiger partial charge in [-0.25, -0.2) is 8.42 Å². The zero-order valence-electron chi connectivity index (χ0n) is 17.8. The van der Waals surface area contributed by atoms with Crippen LogP contribution in [0, 0.1) is 12.8 Å². The summed E-state index contributed by atoms with van der Waals surface area (Å²) >= 11 is 0. The van der Waals surface area contributed by atoms with E-state index in [9.17, 15) is 18.0 Å². The van der Waals surface area contributed by atoms with Crippen molar-refractivity contribution in [1.29, 1.82) is 0 Å². The number of nitrogens with zero attached hydrogens (tertiary/aromatic N) is 1. The van der Waals surface area contributed by atoms with Crippen molar-refractivity contribution in [3.8, 4) is 5.75 Å². The van der Waals surface area contributed by atoms with Crippen molar-refractivity contribution >= 4 is 33.2 Å². The number of hydrogen-bond acceptors (Lipinski definition) is 5. The van der Waals surface area contributed by atoms with Crippen LogP contribution in [0.1, 0.15) is 25.3 Å². The number of hydrogen-bond donors (Lipinski definition) is 2. The average Bonchev–Trinajstić information content (AvgIpc) is 2.74. The normalized spacial score (nSPS) is 17.1. The van der Waals surface area contributed by atoms with Gasteiger partial charge in [-0.1, -0.05) is 0 Å². The quantitative estimate of drug-likeness (QED) is 0.711. The molecule has 1 fully saturated rings. The highest BCUT2D eigenvalue weighted by Gasteiger charge is 2.33. The maximum Gasteiger partial charge on any atom is 0.243 e. The van der Waals surface area contributed by atoms with Crippen LogP contribution in [0.15, 0.2) is 47.4 Å². The van der Waals surface area contributed by atoms with E-state index in [1.807, 2.05) is 0 Å². The van der Waals surface area contributed by atoms with E-state index in [-0.39, 0.29) is 23.3 Å². The lowest BCUT2D eigenvalue weighted by atomic mass is 9.98. The van der Waals surface area contributed by atoms with E-state index in [1.165, 1.54) is 24.4 Å². The van der Waals surface area contributed by atoms with Crippen LogP contribution < -0.4 is 15.4 Å². The molecular formula is C22H27N3O5S. The summed E-state index contributed by atoms with van der Waals surface area (Å²) in [5.41, 5.74) is 1.96. The number of benzene rings is 2. The van der Waals surface area contributed by atoms with Gasteiger partial charge in [-0.2, -0.15) is 4.31 Å². The molecule has 0 bridgehead atoms. The Morgan fingerprint density at radius 2 is 1.71 bits per heavy atom. The van der Waals surface area contributed by atoms with Crippen LogP contribution >= 0.6 is 0 Å². The van der Waals surface area contributed by atoms with Crippen LogP contribution in [0.25, 0.3) is 0 Å². The van der Waals surface area contributed by atoms with Gasteiger partial charge in [0.25, 0.3) is 0 Å². The lowest BCUT2D eigenvalue weighted by Gasteiger charge is -2.31. The van der Waals surface area contributed by atoms with Crippen LogP contribution in [-0.2, 0) is 19.6 Å². The van der Waals surface area contributed by atoms with Gasteiger partial charge in [0.2, 0.25) is 21.8 Å². The summed E-state index contributed by atoms with van der Waals surface area (Å²) in [6.45, 7) is 3.72. The zero-order chi connectivity index (χ0) is 22.6. The molecule has 0 aromatic heterocycles. The third-order valence-corrected chi connectivity index (χ3v) is 7.09. The molecule has 9 heteroatoms. The number of carbonyl (C=O) groups is 2. The van der Waals surface area contributed by atoms with E-state index in [4.69, 9.17) is 4.74 Å². The Morgan fingerprint density at radius 3 is 2.29 bits per heavy atom.